The minimum atomic E-state index is -4.07. The molecule has 272 valence electrons. The number of nitriles is 1. The molecule has 13 heteroatoms. The van der Waals surface area contributed by atoms with E-state index in [0.29, 0.717) is 37.2 Å². The molecule has 1 heterocycles. The summed E-state index contributed by atoms with van der Waals surface area (Å²) in [5, 5.41) is 36.0. The summed E-state index contributed by atoms with van der Waals surface area (Å²) in [5.41, 5.74) is 2.67. The zero-order chi connectivity index (χ0) is 37.1. The fourth-order valence-corrected chi connectivity index (χ4v) is 7.89. The highest BCUT2D eigenvalue weighted by molar-refractivity contribution is 7.89. The molecule has 0 saturated carbocycles. The van der Waals surface area contributed by atoms with Crippen LogP contribution in [0.1, 0.15) is 56.4 Å². The van der Waals surface area contributed by atoms with Gasteiger partial charge in [-0.1, -0.05) is 93.9 Å². The first-order valence-corrected chi connectivity index (χ1v) is 18.7. The lowest BCUT2D eigenvalue weighted by Crippen LogP contribution is -2.57. The Hall–Kier alpha value is -4.77. The van der Waals surface area contributed by atoms with Crippen LogP contribution < -0.4 is 5.32 Å². The van der Waals surface area contributed by atoms with Crippen LogP contribution in [0.3, 0.4) is 0 Å². The van der Waals surface area contributed by atoms with Gasteiger partial charge in [0.05, 0.1) is 34.9 Å². The number of carbonyl (C=O) groups excluding carboxylic acids is 2. The molecule has 3 aromatic carbocycles. The predicted octanol–water partition coefficient (Wildman–Crippen LogP) is 4.45. The summed E-state index contributed by atoms with van der Waals surface area (Å²) in [5.74, 6) is -0.719. The van der Waals surface area contributed by atoms with Gasteiger partial charge in [-0.25, -0.2) is 13.2 Å². The van der Waals surface area contributed by atoms with E-state index in [-0.39, 0.29) is 42.3 Å². The second-order valence-corrected chi connectivity index (χ2v) is 15.4. The third-order valence-electron chi connectivity index (χ3n) is 9.12. The molecule has 0 aromatic heterocycles. The number of hydrogen-bond acceptors (Lipinski definition) is 8. The lowest BCUT2D eigenvalue weighted by molar-refractivity contribution is -0.128. The van der Waals surface area contributed by atoms with E-state index in [1.807, 2.05) is 64.1 Å². The Kier molecular flexibility index (Phi) is 13.7. The van der Waals surface area contributed by atoms with Gasteiger partial charge in [-0.2, -0.15) is 9.57 Å². The fraction of sp³-hybridized carbons (Fsp3) is 0.421. The van der Waals surface area contributed by atoms with Crippen molar-refractivity contribution < 1.29 is 28.3 Å². The van der Waals surface area contributed by atoms with E-state index in [9.17, 15) is 28.4 Å². The molecule has 4 atom stereocenters. The molecule has 0 spiro atoms. The van der Waals surface area contributed by atoms with Crippen molar-refractivity contribution in [1.82, 2.24) is 19.4 Å². The first-order valence-electron chi connectivity index (χ1n) is 17.2. The van der Waals surface area contributed by atoms with Crippen LogP contribution >= 0.6 is 0 Å². The number of oxime groups is 1. The van der Waals surface area contributed by atoms with Crippen molar-refractivity contribution in [1.29, 1.82) is 5.26 Å². The predicted molar refractivity (Wildman–Crippen MR) is 194 cm³/mol. The highest BCUT2D eigenvalue weighted by Gasteiger charge is 2.41. The normalized spacial score (nSPS) is 16.0. The summed E-state index contributed by atoms with van der Waals surface area (Å²) < 4.78 is 29.0. The molecule has 0 bridgehead atoms. The quantitative estimate of drug-likeness (QED) is 0.105. The summed E-state index contributed by atoms with van der Waals surface area (Å²) in [4.78, 5) is 31.3. The van der Waals surface area contributed by atoms with Crippen LogP contribution in [-0.2, 0) is 27.8 Å². The summed E-state index contributed by atoms with van der Waals surface area (Å²) in [6, 6.07) is 22.4. The number of aliphatic hydroxyl groups excluding tert-OH is 1. The Morgan fingerprint density at radius 3 is 2.33 bits per heavy atom. The Morgan fingerprint density at radius 1 is 1.02 bits per heavy atom. The smallest absolute Gasteiger partial charge is 0.321 e. The molecule has 3 amide bonds. The zero-order valence-electron chi connectivity index (χ0n) is 29.6. The standard InChI is InChI=1S/C38H48N6O6S/c1-5-28(4)36(44-19-18-42(38(44)47)25-32-13-9-12-31(20-32)22-39)37(46)41-34(21-29-10-7-6-8-11-29)35(45)26-43(24-27(2)3)51(49,50)33-16-14-30(15-17-33)23-40-48/h6-17,20,23,27-28,34-36,45,48H,5,18-19,21,24-26H2,1-4H3,(H,41,46)/t28-,34-,35+,36-/m0/s1. The van der Waals surface area contributed by atoms with E-state index in [1.54, 1.807) is 28.0 Å². The zero-order valence-corrected chi connectivity index (χ0v) is 30.4. The van der Waals surface area contributed by atoms with E-state index >= 15 is 0 Å². The summed E-state index contributed by atoms with van der Waals surface area (Å²) >= 11 is 0. The average Bonchev–Trinajstić information content (AvgIpc) is 3.46. The van der Waals surface area contributed by atoms with Gasteiger partial charge in [0.2, 0.25) is 15.9 Å². The summed E-state index contributed by atoms with van der Waals surface area (Å²) in [7, 11) is -4.07. The van der Waals surface area contributed by atoms with Crippen molar-refractivity contribution in [2.75, 3.05) is 26.2 Å². The molecule has 4 rings (SSSR count). The lowest BCUT2D eigenvalue weighted by atomic mass is 9.95. The largest absolute Gasteiger partial charge is 0.411 e. The SMILES string of the molecule is CC[C@H](C)[C@@H](C(=O)N[C@@H](Cc1ccccc1)[C@H](O)CN(CC(C)C)S(=O)(=O)c1ccc(C=NO)cc1)N1CCN(Cc2cccc(C#N)c2)C1=O. The number of rotatable bonds is 17. The molecule has 51 heavy (non-hydrogen) atoms. The van der Waals surface area contributed by atoms with Crippen molar-refractivity contribution in [3.63, 3.8) is 0 Å². The van der Waals surface area contributed by atoms with E-state index in [2.05, 4.69) is 16.5 Å². The molecule has 1 aliphatic rings. The number of aliphatic hydroxyl groups is 1. The topological polar surface area (TPSA) is 167 Å². The van der Waals surface area contributed by atoms with Gasteiger partial charge < -0.3 is 25.4 Å². The number of urea groups is 1. The maximum Gasteiger partial charge on any atom is 0.321 e. The average molecular weight is 717 g/mol. The Labute approximate surface area is 301 Å². The highest BCUT2D eigenvalue weighted by Crippen LogP contribution is 2.24. The second-order valence-electron chi connectivity index (χ2n) is 13.4. The van der Waals surface area contributed by atoms with Crippen LogP contribution in [-0.4, -0.2) is 95.4 Å². The van der Waals surface area contributed by atoms with Gasteiger partial charge in [-0.05, 0) is 59.2 Å². The Bertz CT molecular complexity index is 1800. The first-order chi connectivity index (χ1) is 24.4. The maximum absolute atomic E-state index is 14.3. The number of nitrogens with one attached hydrogen (secondary N) is 1. The van der Waals surface area contributed by atoms with Crippen LogP contribution in [0.15, 0.2) is 88.9 Å². The molecule has 0 unspecified atom stereocenters. The summed E-state index contributed by atoms with van der Waals surface area (Å²) in [6.45, 7) is 8.49. The van der Waals surface area contributed by atoms with Crippen LogP contribution in [0.5, 0.6) is 0 Å². The monoisotopic (exact) mass is 716 g/mol. The first kappa shape index (κ1) is 39.0. The molecule has 0 aliphatic carbocycles. The Balaban J connectivity index is 1.59. The minimum Gasteiger partial charge on any atom is -0.411 e. The van der Waals surface area contributed by atoms with Crippen LogP contribution in [0.4, 0.5) is 4.79 Å². The molecule has 3 aromatic rings. The van der Waals surface area contributed by atoms with Gasteiger partial charge in [0.15, 0.2) is 0 Å². The number of carbonyl (C=O) groups is 2. The number of nitrogens with zero attached hydrogens (tertiary/aromatic N) is 5. The van der Waals surface area contributed by atoms with Gasteiger partial charge in [-0.3, -0.25) is 4.79 Å². The molecule has 12 nitrogen and oxygen atoms in total. The maximum atomic E-state index is 14.3. The summed E-state index contributed by atoms with van der Waals surface area (Å²) in [6.07, 6.45) is 0.721. The number of benzene rings is 3. The van der Waals surface area contributed by atoms with Crippen molar-refractivity contribution >= 4 is 28.2 Å². The van der Waals surface area contributed by atoms with E-state index < -0.39 is 34.1 Å². The van der Waals surface area contributed by atoms with Gasteiger partial charge >= 0.3 is 6.03 Å². The number of sulfonamides is 1. The van der Waals surface area contributed by atoms with Crippen molar-refractivity contribution in [2.24, 2.45) is 17.0 Å². The Morgan fingerprint density at radius 2 is 1.71 bits per heavy atom. The molecule has 1 aliphatic heterocycles. The minimum absolute atomic E-state index is 0.0161. The molecule has 1 fully saturated rings. The molecule has 0 radical (unpaired) electrons. The van der Waals surface area contributed by atoms with E-state index in [1.165, 1.54) is 34.8 Å². The second kappa shape index (κ2) is 17.9. The fourth-order valence-electron chi connectivity index (χ4n) is 6.27. The molecular formula is C38H48N6O6S. The van der Waals surface area contributed by atoms with Gasteiger partial charge in [0, 0.05) is 32.7 Å². The van der Waals surface area contributed by atoms with Crippen LogP contribution in [0.25, 0.3) is 0 Å². The van der Waals surface area contributed by atoms with Crippen molar-refractivity contribution in [2.45, 2.75) is 70.2 Å². The molecule has 3 N–H and O–H groups in total. The van der Waals surface area contributed by atoms with Crippen molar-refractivity contribution in [3.05, 3.63) is 101 Å². The molecule has 1 saturated heterocycles. The number of amides is 3. The lowest BCUT2D eigenvalue weighted by Gasteiger charge is -2.35. The van der Waals surface area contributed by atoms with Crippen LogP contribution in [0.2, 0.25) is 0 Å². The van der Waals surface area contributed by atoms with Crippen LogP contribution in [0, 0.1) is 23.2 Å². The number of hydrogen-bond donors (Lipinski definition) is 3. The van der Waals surface area contributed by atoms with E-state index in [4.69, 9.17) is 5.21 Å². The highest BCUT2D eigenvalue weighted by atomic mass is 32.2. The molecular weight excluding hydrogens is 669 g/mol. The van der Waals surface area contributed by atoms with Gasteiger partial charge in [0.25, 0.3) is 0 Å². The third-order valence-corrected chi connectivity index (χ3v) is 11.0. The van der Waals surface area contributed by atoms with Gasteiger partial charge in [0.1, 0.15) is 6.04 Å². The van der Waals surface area contributed by atoms with E-state index in [0.717, 1.165) is 11.1 Å². The third kappa shape index (κ3) is 10.2. The van der Waals surface area contributed by atoms with Crippen molar-refractivity contribution in [3.8, 4) is 6.07 Å². The van der Waals surface area contributed by atoms with Gasteiger partial charge in [-0.15, -0.1) is 0 Å².